The maximum Gasteiger partial charge on any atom is 0.231 e. The van der Waals surface area contributed by atoms with E-state index in [-0.39, 0.29) is 37.6 Å². The number of fused-ring (bicyclic) bond motifs is 2. The van der Waals surface area contributed by atoms with Crippen molar-refractivity contribution in [1.29, 1.82) is 0 Å². The van der Waals surface area contributed by atoms with E-state index in [1.807, 2.05) is 48.5 Å². The van der Waals surface area contributed by atoms with Crippen LogP contribution >= 0.6 is 0 Å². The topological polar surface area (TPSA) is 89.5 Å². The number of nitrogens with one attached hydrogen (secondary N) is 1. The van der Waals surface area contributed by atoms with Gasteiger partial charge in [-0.2, -0.15) is 0 Å². The smallest absolute Gasteiger partial charge is 0.231 e. The molecule has 2 saturated heterocycles. The van der Waals surface area contributed by atoms with Gasteiger partial charge in [0.1, 0.15) is 0 Å². The standard InChI is InChI=1S/C25H30N2O6/c28-19-13-27(12-17-6-9-22-23(10-17)32-16-31-22)21-8-7-20(33-24(21)15-30-14-19)11-25(29)26-18-4-2-1-3-5-18/h1-6,9-10,19-21,24,28H,7-8,11-16H2,(H,26,29)/t19-,20+,21-,24+/m0/s1. The fourth-order valence-electron chi connectivity index (χ4n) is 4.84. The molecule has 2 fully saturated rings. The molecule has 3 aliphatic heterocycles. The predicted molar refractivity (Wildman–Crippen MR) is 121 cm³/mol. The van der Waals surface area contributed by atoms with Crippen LogP contribution in [0.3, 0.4) is 0 Å². The summed E-state index contributed by atoms with van der Waals surface area (Å²) in [6.07, 6.45) is 1.08. The molecule has 0 spiro atoms. The van der Waals surface area contributed by atoms with Gasteiger partial charge in [0, 0.05) is 24.8 Å². The molecule has 3 aliphatic rings. The van der Waals surface area contributed by atoms with Crippen LogP contribution in [0, 0.1) is 0 Å². The number of hydrogen-bond acceptors (Lipinski definition) is 7. The molecule has 2 aromatic rings. The maximum atomic E-state index is 12.5. The second-order valence-corrected chi connectivity index (χ2v) is 8.87. The number of aliphatic hydroxyl groups is 1. The number of carbonyl (C=O) groups is 1. The van der Waals surface area contributed by atoms with E-state index in [0.29, 0.717) is 26.1 Å². The zero-order valence-electron chi connectivity index (χ0n) is 18.5. The molecule has 4 atom stereocenters. The third-order valence-electron chi connectivity index (χ3n) is 6.38. The van der Waals surface area contributed by atoms with Gasteiger partial charge in [-0.1, -0.05) is 24.3 Å². The maximum absolute atomic E-state index is 12.5. The number of hydrogen-bond donors (Lipinski definition) is 2. The minimum Gasteiger partial charge on any atom is -0.454 e. The van der Waals surface area contributed by atoms with Gasteiger partial charge in [0.15, 0.2) is 11.5 Å². The highest BCUT2D eigenvalue weighted by atomic mass is 16.7. The summed E-state index contributed by atoms with van der Waals surface area (Å²) >= 11 is 0. The van der Waals surface area contributed by atoms with Crippen LogP contribution in [0.2, 0.25) is 0 Å². The molecular weight excluding hydrogens is 424 g/mol. The number of anilines is 1. The van der Waals surface area contributed by atoms with Crippen LogP contribution in [0.1, 0.15) is 24.8 Å². The summed E-state index contributed by atoms with van der Waals surface area (Å²) in [5.41, 5.74) is 1.88. The number of amides is 1. The summed E-state index contributed by atoms with van der Waals surface area (Å²) in [5.74, 6) is 1.46. The quantitative estimate of drug-likeness (QED) is 0.718. The molecule has 3 heterocycles. The second kappa shape index (κ2) is 10.1. The minimum absolute atomic E-state index is 0.0518. The van der Waals surface area contributed by atoms with Crippen molar-refractivity contribution in [3.8, 4) is 11.5 Å². The van der Waals surface area contributed by atoms with Crippen LogP contribution in [-0.4, -0.2) is 66.8 Å². The number of nitrogens with zero attached hydrogens (tertiary/aromatic N) is 1. The molecular formula is C25H30N2O6. The van der Waals surface area contributed by atoms with Crippen molar-refractivity contribution in [2.45, 2.75) is 50.2 Å². The Morgan fingerprint density at radius 2 is 1.91 bits per heavy atom. The van der Waals surface area contributed by atoms with Gasteiger partial charge < -0.3 is 29.4 Å². The van der Waals surface area contributed by atoms with Crippen LogP contribution in [0.25, 0.3) is 0 Å². The summed E-state index contributed by atoms with van der Waals surface area (Å²) in [4.78, 5) is 14.8. The SMILES string of the molecule is O=C(C[C@H]1CC[C@H]2[C@@H](COC[C@@H](O)CN2Cc2ccc3c(c2)OCO3)O1)Nc1ccccc1. The van der Waals surface area contributed by atoms with Gasteiger partial charge in [0.25, 0.3) is 0 Å². The lowest BCUT2D eigenvalue weighted by atomic mass is 9.94. The summed E-state index contributed by atoms with van der Waals surface area (Å²) < 4.78 is 23.0. The highest BCUT2D eigenvalue weighted by Crippen LogP contribution is 2.34. The molecule has 1 amide bonds. The van der Waals surface area contributed by atoms with Crippen molar-refractivity contribution >= 4 is 11.6 Å². The van der Waals surface area contributed by atoms with E-state index in [1.54, 1.807) is 0 Å². The van der Waals surface area contributed by atoms with E-state index in [4.69, 9.17) is 18.9 Å². The Hall–Kier alpha value is -2.65. The molecule has 0 aliphatic carbocycles. The molecule has 8 nitrogen and oxygen atoms in total. The number of para-hydroxylation sites is 1. The van der Waals surface area contributed by atoms with Gasteiger partial charge in [-0.05, 0) is 42.7 Å². The Labute approximate surface area is 193 Å². The monoisotopic (exact) mass is 454 g/mol. The third-order valence-corrected chi connectivity index (χ3v) is 6.38. The van der Waals surface area contributed by atoms with Crippen LogP contribution in [0.4, 0.5) is 5.69 Å². The number of benzene rings is 2. The first-order valence-corrected chi connectivity index (χ1v) is 11.5. The number of aliphatic hydroxyl groups excluding tert-OH is 1. The zero-order chi connectivity index (χ0) is 22.6. The molecule has 0 aromatic heterocycles. The molecule has 176 valence electrons. The lowest BCUT2D eigenvalue weighted by Crippen LogP contribution is -2.55. The van der Waals surface area contributed by atoms with Gasteiger partial charge in [0.05, 0.1) is 37.9 Å². The minimum atomic E-state index is -0.561. The fraction of sp³-hybridized carbons (Fsp3) is 0.480. The van der Waals surface area contributed by atoms with Crippen molar-refractivity contribution in [3.05, 3.63) is 54.1 Å². The summed E-state index contributed by atoms with van der Waals surface area (Å²) in [7, 11) is 0. The van der Waals surface area contributed by atoms with E-state index < -0.39 is 6.10 Å². The first kappa shape index (κ1) is 22.2. The van der Waals surface area contributed by atoms with Gasteiger partial charge >= 0.3 is 0 Å². The molecule has 0 saturated carbocycles. The van der Waals surface area contributed by atoms with Crippen LogP contribution in [0.15, 0.2) is 48.5 Å². The fourth-order valence-corrected chi connectivity index (χ4v) is 4.84. The molecule has 5 rings (SSSR count). The van der Waals surface area contributed by atoms with Crippen molar-refractivity contribution in [2.75, 3.05) is 31.9 Å². The third kappa shape index (κ3) is 5.47. The lowest BCUT2D eigenvalue weighted by Gasteiger charge is -2.44. The Kier molecular flexibility index (Phi) is 6.78. The van der Waals surface area contributed by atoms with Gasteiger partial charge in [-0.15, -0.1) is 0 Å². The molecule has 0 unspecified atom stereocenters. The highest BCUT2D eigenvalue weighted by molar-refractivity contribution is 5.90. The van der Waals surface area contributed by atoms with Crippen molar-refractivity contribution < 1.29 is 28.8 Å². The summed E-state index contributed by atoms with van der Waals surface area (Å²) in [6.45, 7) is 2.07. The Morgan fingerprint density at radius 1 is 1.06 bits per heavy atom. The first-order valence-electron chi connectivity index (χ1n) is 11.5. The number of ether oxygens (including phenoxy) is 4. The number of β-amino-alcohol motifs (C(OH)–C–C–N with tert-alkyl or cyclic N) is 1. The van der Waals surface area contributed by atoms with Gasteiger partial charge in [-0.25, -0.2) is 0 Å². The van der Waals surface area contributed by atoms with E-state index >= 15 is 0 Å². The van der Waals surface area contributed by atoms with E-state index in [2.05, 4.69) is 10.2 Å². The van der Waals surface area contributed by atoms with Crippen LogP contribution in [0.5, 0.6) is 11.5 Å². The first-order chi connectivity index (χ1) is 16.1. The Morgan fingerprint density at radius 3 is 2.79 bits per heavy atom. The largest absolute Gasteiger partial charge is 0.454 e. The number of carbonyl (C=O) groups excluding carboxylic acids is 1. The van der Waals surface area contributed by atoms with Crippen molar-refractivity contribution in [3.63, 3.8) is 0 Å². The predicted octanol–water partition coefficient (Wildman–Crippen LogP) is 2.55. The molecule has 2 N–H and O–H groups in total. The summed E-state index contributed by atoms with van der Waals surface area (Å²) in [6, 6.07) is 15.5. The van der Waals surface area contributed by atoms with Crippen molar-refractivity contribution in [2.24, 2.45) is 0 Å². The second-order valence-electron chi connectivity index (χ2n) is 8.87. The van der Waals surface area contributed by atoms with Gasteiger partial charge in [-0.3, -0.25) is 9.69 Å². The van der Waals surface area contributed by atoms with Gasteiger partial charge in [0.2, 0.25) is 12.7 Å². The number of rotatable bonds is 5. The molecule has 33 heavy (non-hydrogen) atoms. The lowest BCUT2D eigenvalue weighted by molar-refractivity contribution is -0.156. The highest BCUT2D eigenvalue weighted by Gasteiger charge is 2.38. The molecule has 0 bridgehead atoms. The van der Waals surface area contributed by atoms with Crippen LogP contribution < -0.4 is 14.8 Å². The normalized spacial score (nSPS) is 27.3. The van der Waals surface area contributed by atoms with Crippen molar-refractivity contribution in [1.82, 2.24) is 4.90 Å². The molecule has 8 heteroatoms. The summed E-state index contributed by atoms with van der Waals surface area (Å²) in [5, 5.41) is 13.3. The molecule has 0 radical (unpaired) electrons. The van der Waals surface area contributed by atoms with Crippen LogP contribution in [-0.2, 0) is 20.8 Å². The van der Waals surface area contributed by atoms with E-state index in [1.165, 1.54) is 0 Å². The Bertz CT molecular complexity index is 955. The van der Waals surface area contributed by atoms with E-state index in [0.717, 1.165) is 35.6 Å². The molecule has 2 aromatic carbocycles. The average molecular weight is 455 g/mol. The Balaban J connectivity index is 1.23. The average Bonchev–Trinajstić information content (AvgIpc) is 3.26. The van der Waals surface area contributed by atoms with E-state index in [9.17, 15) is 9.90 Å². The zero-order valence-corrected chi connectivity index (χ0v) is 18.5.